The van der Waals surface area contributed by atoms with Crippen molar-refractivity contribution in [1.29, 1.82) is 0 Å². The van der Waals surface area contributed by atoms with E-state index in [1.165, 1.54) is 6.33 Å². The van der Waals surface area contributed by atoms with E-state index >= 15 is 0 Å². The Bertz CT molecular complexity index is 536. The van der Waals surface area contributed by atoms with Crippen molar-refractivity contribution in [2.45, 2.75) is 45.6 Å². The number of aromatic nitrogens is 2. The lowest BCUT2D eigenvalue weighted by atomic mass is 10.2. The van der Waals surface area contributed by atoms with E-state index in [4.69, 9.17) is 16.2 Å². The first-order valence-electron chi connectivity index (χ1n) is 7.31. The summed E-state index contributed by atoms with van der Waals surface area (Å²) in [6, 6.07) is 0. The number of anilines is 3. The zero-order valence-corrected chi connectivity index (χ0v) is 13.7. The Balaban J connectivity index is 2.24. The van der Waals surface area contributed by atoms with Gasteiger partial charge in [-0.25, -0.2) is 14.8 Å². The smallest absolute Gasteiger partial charge is 0.407 e. The molecule has 0 radical (unpaired) electrons. The third kappa shape index (κ3) is 7.30. The van der Waals surface area contributed by atoms with Gasteiger partial charge >= 0.3 is 6.09 Å². The van der Waals surface area contributed by atoms with Crippen LogP contribution < -0.4 is 22.1 Å². The van der Waals surface area contributed by atoms with Crippen molar-refractivity contribution < 1.29 is 14.3 Å². The van der Waals surface area contributed by atoms with Gasteiger partial charge in [0.05, 0.1) is 0 Å². The van der Waals surface area contributed by atoms with Crippen molar-refractivity contribution in [3.8, 4) is 0 Å². The van der Waals surface area contributed by atoms with Crippen LogP contribution in [0.4, 0.5) is 22.1 Å². The van der Waals surface area contributed by atoms with Crippen LogP contribution in [0, 0.1) is 0 Å². The second kappa shape index (κ2) is 8.16. The van der Waals surface area contributed by atoms with Crippen LogP contribution in [0.15, 0.2) is 6.33 Å². The lowest BCUT2D eigenvalue weighted by Crippen LogP contribution is -2.33. The van der Waals surface area contributed by atoms with Crippen molar-refractivity contribution >= 4 is 29.3 Å². The van der Waals surface area contributed by atoms with Gasteiger partial charge in [0.15, 0.2) is 11.6 Å². The van der Waals surface area contributed by atoms with E-state index in [2.05, 4.69) is 20.6 Å². The lowest BCUT2D eigenvalue weighted by molar-refractivity contribution is -0.116. The summed E-state index contributed by atoms with van der Waals surface area (Å²) in [5.41, 5.74) is 10.9. The number of nitrogens with one attached hydrogen (secondary N) is 2. The summed E-state index contributed by atoms with van der Waals surface area (Å²) in [7, 11) is 0. The number of nitrogen functional groups attached to an aromatic ring is 2. The molecule has 0 bridgehead atoms. The number of unbranched alkanes of at least 4 members (excludes halogenated alkanes) is 1. The topological polar surface area (TPSA) is 145 Å². The number of nitrogens with two attached hydrogens (primary N) is 2. The van der Waals surface area contributed by atoms with Crippen molar-refractivity contribution in [2.75, 3.05) is 23.3 Å². The molecule has 6 N–H and O–H groups in total. The van der Waals surface area contributed by atoms with E-state index in [1.807, 2.05) is 0 Å². The maximum Gasteiger partial charge on any atom is 0.407 e. The summed E-state index contributed by atoms with van der Waals surface area (Å²) in [5, 5.41) is 5.21. The number of hydrogen-bond acceptors (Lipinski definition) is 7. The SMILES string of the molecule is CC(C)(C)OC(=O)NCCCCC(=O)Nc1c(N)ncnc1N. The lowest BCUT2D eigenvalue weighted by Gasteiger charge is -2.19. The normalized spacial score (nSPS) is 10.9. The number of amides is 2. The van der Waals surface area contributed by atoms with Crippen molar-refractivity contribution in [3.05, 3.63) is 6.33 Å². The zero-order chi connectivity index (χ0) is 17.5. The largest absolute Gasteiger partial charge is 0.444 e. The Morgan fingerprint density at radius 3 is 2.35 bits per heavy atom. The van der Waals surface area contributed by atoms with Gasteiger partial charge in [-0.2, -0.15) is 0 Å². The molecule has 0 saturated heterocycles. The number of rotatable bonds is 6. The first kappa shape index (κ1) is 18.5. The maximum absolute atomic E-state index is 11.8. The molecule has 1 heterocycles. The number of hydrogen-bond donors (Lipinski definition) is 4. The molecule has 0 spiro atoms. The Labute approximate surface area is 135 Å². The Kier molecular flexibility index (Phi) is 6.55. The molecular weight excluding hydrogens is 300 g/mol. The van der Waals surface area contributed by atoms with Crippen LogP contribution in [-0.4, -0.2) is 34.1 Å². The van der Waals surface area contributed by atoms with Gasteiger partial charge in [0.25, 0.3) is 0 Å². The average Bonchev–Trinajstić information content (AvgIpc) is 2.40. The molecule has 23 heavy (non-hydrogen) atoms. The highest BCUT2D eigenvalue weighted by atomic mass is 16.6. The number of carbonyl (C=O) groups is 2. The molecule has 1 aromatic heterocycles. The fourth-order valence-electron chi connectivity index (χ4n) is 1.66. The van der Waals surface area contributed by atoms with Crippen LogP contribution in [-0.2, 0) is 9.53 Å². The van der Waals surface area contributed by atoms with Gasteiger partial charge in [-0.05, 0) is 33.6 Å². The van der Waals surface area contributed by atoms with E-state index in [9.17, 15) is 9.59 Å². The van der Waals surface area contributed by atoms with Gasteiger partial charge in [0.2, 0.25) is 5.91 Å². The molecule has 9 heteroatoms. The molecule has 0 aliphatic rings. The molecule has 2 amide bonds. The molecule has 1 aromatic rings. The molecule has 0 aromatic carbocycles. The predicted molar refractivity (Wildman–Crippen MR) is 87.6 cm³/mol. The second-order valence-electron chi connectivity index (χ2n) is 5.95. The van der Waals surface area contributed by atoms with Gasteiger partial charge in [-0.1, -0.05) is 0 Å². The van der Waals surface area contributed by atoms with Crippen molar-refractivity contribution in [1.82, 2.24) is 15.3 Å². The maximum atomic E-state index is 11.8. The molecular formula is C14H24N6O3. The van der Waals surface area contributed by atoms with E-state index < -0.39 is 11.7 Å². The minimum Gasteiger partial charge on any atom is -0.444 e. The summed E-state index contributed by atoms with van der Waals surface area (Å²) < 4.78 is 5.10. The van der Waals surface area contributed by atoms with E-state index in [0.717, 1.165) is 0 Å². The van der Waals surface area contributed by atoms with Gasteiger partial charge < -0.3 is 26.8 Å². The van der Waals surface area contributed by atoms with Crippen LogP contribution in [0.2, 0.25) is 0 Å². The quantitative estimate of drug-likeness (QED) is 0.576. The summed E-state index contributed by atoms with van der Waals surface area (Å²) in [5.74, 6) is 0.00496. The number of ether oxygens (including phenoxy) is 1. The molecule has 1 rings (SSSR count). The third-order valence-electron chi connectivity index (χ3n) is 2.67. The molecule has 0 unspecified atom stereocenters. The monoisotopic (exact) mass is 324 g/mol. The van der Waals surface area contributed by atoms with Gasteiger partial charge in [-0.3, -0.25) is 4.79 Å². The zero-order valence-electron chi connectivity index (χ0n) is 13.7. The third-order valence-corrected chi connectivity index (χ3v) is 2.67. The first-order chi connectivity index (χ1) is 10.7. The van der Waals surface area contributed by atoms with Crippen LogP contribution >= 0.6 is 0 Å². The molecule has 0 aliphatic heterocycles. The number of nitrogens with zero attached hydrogens (tertiary/aromatic N) is 2. The van der Waals surface area contributed by atoms with Crippen LogP contribution in [0.5, 0.6) is 0 Å². The summed E-state index contributed by atoms with van der Waals surface area (Å²) in [6.07, 6.45) is 2.26. The summed E-state index contributed by atoms with van der Waals surface area (Å²) in [4.78, 5) is 30.8. The van der Waals surface area contributed by atoms with Crippen LogP contribution in [0.3, 0.4) is 0 Å². The molecule has 0 saturated carbocycles. The van der Waals surface area contributed by atoms with Gasteiger partial charge in [0, 0.05) is 13.0 Å². The van der Waals surface area contributed by atoms with Crippen molar-refractivity contribution in [2.24, 2.45) is 0 Å². The molecule has 0 aliphatic carbocycles. The standard InChI is InChI=1S/C14H24N6O3/c1-14(2,3)23-13(22)17-7-5-4-6-9(21)20-10-11(15)18-8-19-12(10)16/h8H,4-7H2,1-3H3,(H,17,22)(H,20,21)(H4,15,16,18,19). The van der Waals surface area contributed by atoms with Crippen LogP contribution in [0.25, 0.3) is 0 Å². The summed E-state index contributed by atoms with van der Waals surface area (Å²) >= 11 is 0. The van der Waals surface area contributed by atoms with E-state index in [0.29, 0.717) is 19.4 Å². The first-order valence-corrected chi connectivity index (χ1v) is 7.31. The average molecular weight is 324 g/mol. The Morgan fingerprint density at radius 1 is 1.17 bits per heavy atom. The number of carbonyl (C=O) groups excluding carboxylic acids is 2. The minimum absolute atomic E-state index is 0.123. The Morgan fingerprint density at radius 2 is 1.78 bits per heavy atom. The van der Waals surface area contributed by atoms with E-state index in [1.54, 1.807) is 20.8 Å². The number of alkyl carbamates (subject to hydrolysis) is 1. The van der Waals surface area contributed by atoms with Gasteiger partial charge in [-0.15, -0.1) is 0 Å². The fraction of sp³-hybridized carbons (Fsp3) is 0.571. The molecule has 0 atom stereocenters. The van der Waals surface area contributed by atoms with Crippen LogP contribution in [0.1, 0.15) is 40.0 Å². The Hall–Kier alpha value is -2.58. The second-order valence-corrected chi connectivity index (χ2v) is 5.95. The predicted octanol–water partition coefficient (Wildman–Crippen LogP) is 1.27. The highest BCUT2D eigenvalue weighted by Gasteiger charge is 2.15. The molecule has 0 fully saturated rings. The highest BCUT2D eigenvalue weighted by molar-refractivity contribution is 5.96. The highest BCUT2D eigenvalue weighted by Crippen LogP contribution is 2.20. The summed E-state index contributed by atoms with van der Waals surface area (Å²) in [6.45, 7) is 5.81. The van der Waals surface area contributed by atoms with Crippen molar-refractivity contribution in [3.63, 3.8) is 0 Å². The molecule has 128 valence electrons. The van der Waals surface area contributed by atoms with Gasteiger partial charge in [0.1, 0.15) is 17.6 Å². The molecule has 9 nitrogen and oxygen atoms in total. The minimum atomic E-state index is -0.526. The fourth-order valence-corrected chi connectivity index (χ4v) is 1.66. The van der Waals surface area contributed by atoms with E-state index in [-0.39, 0.29) is 29.7 Å².